The van der Waals surface area contributed by atoms with Gasteiger partial charge in [-0.2, -0.15) is 0 Å². The first kappa shape index (κ1) is 15.7. The number of aromatic nitrogens is 1. The maximum Gasteiger partial charge on any atom is 0.251 e. The molecular formula is C15H23N3O3. The number of amides is 1. The van der Waals surface area contributed by atoms with Crippen molar-refractivity contribution in [3.63, 3.8) is 0 Å². The van der Waals surface area contributed by atoms with Gasteiger partial charge in [0.2, 0.25) is 0 Å². The minimum Gasteiger partial charge on any atom is -0.378 e. The van der Waals surface area contributed by atoms with Gasteiger partial charge in [0.15, 0.2) is 0 Å². The summed E-state index contributed by atoms with van der Waals surface area (Å²) in [6, 6.07) is 3.57. The fourth-order valence-corrected chi connectivity index (χ4v) is 2.33. The van der Waals surface area contributed by atoms with Crippen LogP contribution in [0.4, 0.5) is 5.82 Å². The standard InChI is InChI=1S/C15H23N3O3/c1-4-12-7-11(8-13(16-2)18-12)14(19)17-9-15(20-3)5-6-21-10-15/h7-8H,4-6,9-10H2,1-3H3,(H,16,18)(H,17,19). The SMILES string of the molecule is CCc1cc(C(=O)NCC2(OC)CCOC2)cc(NC)n1. The van der Waals surface area contributed by atoms with Crippen LogP contribution in [0.15, 0.2) is 12.1 Å². The van der Waals surface area contributed by atoms with Crippen molar-refractivity contribution in [3.05, 3.63) is 23.4 Å². The lowest BCUT2D eigenvalue weighted by molar-refractivity contribution is -0.0148. The molecule has 1 amide bonds. The predicted molar refractivity (Wildman–Crippen MR) is 80.7 cm³/mol. The Hall–Kier alpha value is -1.66. The first-order valence-electron chi connectivity index (χ1n) is 7.22. The van der Waals surface area contributed by atoms with Gasteiger partial charge in [0.25, 0.3) is 5.91 Å². The Morgan fingerprint density at radius 3 is 2.90 bits per heavy atom. The van der Waals surface area contributed by atoms with Crippen LogP contribution in [0.1, 0.15) is 29.4 Å². The molecule has 0 radical (unpaired) electrons. The summed E-state index contributed by atoms with van der Waals surface area (Å²) in [4.78, 5) is 16.7. The fraction of sp³-hybridized carbons (Fsp3) is 0.600. The van der Waals surface area contributed by atoms with Crippen LogP contribution in [0.3, 0.4) is 0 Å². The Morgan fingerprint density at radius 1 is 1.52 bits per heavy atom. The van der Waals surface area contributed by atoms with Gasteiger partial charge in [-0.3, -0.25) is 4.79 Å². The molecular weight excluding hydrogens is 270 g/mol. The predicted octanol–water partition coefficient (Wildman–Crippen LogP) is 1.22. The summed E-state index contributed by atoms with van der Waals surface area (Å²) >= 11 is 0. The molecule has 21 heavy (non-hydrogen) atoms. The normalized spacial score (nSPS) is 21.3. The summed E-state index contributed by atoms with van der Waals surface area (Å²) in [6.07, 6.45) is 1.58. The zero-order valence-corrected chi connectivity index (χ0v) is 12.9. The van der Waals surface area contributed by atoms with E-state index in [9.17, 15) is 4.79 Å². The molecule has 2 heterocycles. The van der Waals surface area contributed by atoms with Gasteiger partial charge in [0, 0.05) is 45.0 Å². The van der Waals surface area contributed by atoms with Gasteiger partial charge in [-0.1, -0.05) is 6.92 Å². The lowest BCUT2D eigenvalue weighted by atomic mass is 10.0. The zero-order valence-electron chi connectivity index (χ0n) is 12.9. The van der Waals surface area contributed by atoms with Gasteiger partial charge in [-0.25, -0.2) is 4.98 Å². The Bertz CT molecular complexity index is 477. The number of nitrogens with zero attached hydrogens (tertiary/aromatic N) is 1. The van der Waals surface area contributed by atoms with E-state index in [2.05, 4.69) is 15.6 Å². The number of aryl methyl sites for hydroxylation is 1. The molecule has 1 unspecified atom stereocenters. The van der Waals surface area contributed by atoms with Crippen LogP contribution in [0.2, 0.25) is 0 Å². The summed E-state index contributed by atoms with van der Waals surface area (Å²) in [5.41, 5.74) is 1.09. The number of rotatable bonds is 6. The van der Waals surface area contributed by atoms with Crippen LogP contribution in [0.25, 0.3) is 0 Å². The number of pyridine rings is 1. The smallest absolute Gasteiger partial charge is 0.251 e. The topological polar surface area (TPSA) is 72.5 Å². The Labute approximate surface area is 125 Å². The molecule has 0 saturated carbocycles. The van der Waals surface area contributed by atoms with Crippen LogP contribution < -0.4 is 10.6 Å². The van der Waals surface area contributed by atoms with Crippen molar-refractivity contribution >= 4 is 11.7 Å². The highest BCUT2D eigenvalue weighted by Gasteiger charge is 2.35. The van der Waals surface area contributed by atoms with Crippen molar-refractivity contribution in [2.24, 2.45) is 0 Å². The summed E-state index contributed by atoms with van der Waals surface area (Å²) in [6.45, 7) is 3.64. The third-order valence-corrected chi connectivity index (χ3v) is 3.83. The van der Waals surface area contributed by atoms with Gasteiger partial charge in [-0.05, 0) is 18.6 Å². The van der Waals surface area contributed by atoms with Crippen molar-refractivity contribution in [3.8, 4) is 0 Å². The minimum absolute atomic E-state index is 0.119. The highest BCUT2D eigenvalue weighted by molar-refractivity contribution is 5.95. The summed E-state index contributed by atoms with van der Waals surface area (Å²) in [5.74, 6) is 0.581. The van der Waals surface area contributed by atoms with E-state index in [1.807, 2.05) is 13.0 Å². The lowest BCUT2D eigenvalue weighted by Gasteiger charge is -2.25. The number of hydrogen-bond acceptors (Lipinski definition) is 5. The number of hydrogen-bond donors (Lipinski definition) is 2. The second kappa shape index (κ2) is 6.87. The second-order valence-electron chi connectivity index (χ2n) is 5.21. The van der Waals surface area contributed by atoms with Crippen molar-refractivity contribution < 1.29 is 14.3 Å². The third kappa shape index (κ3) is 3.71. The van der Waals surface area contributed by atoms with E-state index in [4.69, 9.17) is 9.47 Å². The van der Waals surface area contributed by atoms with Crippen molar-refractivity contribution in [1.82, 2.24) is 10.3 Å². The van der Waals surface area contributed by atoms with Gasteiger partial charge in [0.1, 0.15) is 11.4 Å². The third-order valence-electron chi connectivity index (χ3n) is 3.83. The average molecular weight is 293 g/mol. The second-order valence-corrected chi connectivity index (χ2v) is 5.21. The van der Waals surface area contributed by atoms with E-state index in [0.29, 0.717) is 31.1 Å². The molecule has 1 aliphatic rings. The summed E-state index contributed by atoms with van der Waals surface area (Å²) < 4.78 is 10.9. The Morgan fingerprint density at radius 2 is 2.33 bits per heavy atom. The first-order valence-corrected chi connectivity index (χ1v) is 7.22. The van der Waals surface area contributed by atoms with Crippen molar-refractivity contribution in [2.45, 2.75) is 25.4 Å². The van der Waals surface area contributed by atoms with Gasteiger partial charge >= 0.3 is 0 Å². The monoisotopic (exact) mass is 293 g/mol. The van der Waals surface area contributed by atoms with Crippen LogP contribution in [0.5, 0.6) is 0 Å². The molecule has 0 spiro atoms. The number of carbonyl (C=O) groups is 1. The highest BCUT2D eigenvalue weighted by atomic mass is 16.5. The Balaban J connectivity index is 2.06. The number of ether oxygens (including phenoxy) is 2. The number of carbonyl (C=O) groups excluding carboxylic acids is 1. The largest absolute Gasteiger partial charge is 0.378 e. The van der Waals surface area contributed by atoms with Crippen LogP contribution in [-0.2, 0) is 15.9 Å². The van der Waals surface area contributed by atoms with E-state index in [0.717, 1.165) is 18.5 Å². The molecule has 2 N–H and O–H groups in total. The quantitative estimate of drug-likeness (QED) is 0.825. The molecule has 1 saturated heterocycles. The zero-order chi connectivity index (χ0) is 15.3. The van der Waals surface area contributed by atoms with E-state index in [1.54, 1.807) is 20.2 Å². The minimum atomic E-state index is -0.401. The number of nitrogens with one attached hydrogen (secondary N) is 2. The summed E-state index contributed by atoms with van der Waals surface area (Å²) in [7, 11) is 3.45. The maximum atomic E-state index is 12.3. The molecule has 0 aromatic carbocycles. The van der Waals surface area contributed by atoms with Crippen molar-refractivity contribution in [2.75, 3.05) is 39.2 Å². The van der Waals surface area contributed by atoms with E-state index in [-0.39, 0.29) is 5.91 Å². The van der Waals surface area contributed by atoms with Gasteiger partial charge in [0.05, 0.1) is 6.61 Å². The molecule has 1 atom stereocenters. The van der Waals surface area contributed by atoms with Gasteiger partial charge in [-0.15, -0.1) is 0 Å². The number of methoxy groups -OCH3 is 1. The molecule has 0 aliphatic carbocycles. The molecule has 1 aromatic heterocycles. The molecule has 116 valence electrons. The van der Waals surface area contributed by atoms with Gasteiger partial charge < -0.3 is 20.1 Å². The average Bonchev–Trinajstić information content (AvgIpc) is 3.01. The van der Waals surface area contributed by atoms with Crippen LogP contribution >= 0.6 is 0 Å². The molecule has 0 bridgehead atoms. The van der Waals surface area contributed by atoms with Crippen LogP contribution in [-0.4, -0.2) is 50.4 Å². The van der Waals surface area contributed by atoms with E-state index >= 15 is 0 Å². The highest BCUT2D eigenvalue weighted by Crippen LogP contribution is 2.21. The lowest BCUT2D eigenvalue weighted by Crippen LogP contribution is -2.45. The summed E-state index contributed by atoms with van der Waals surface area (Å²) in [5, 5.41) is 5.91. The molecule has 1 fully saturated rings. The molecule has 6 nitrogen and oxygen atoms in total. The van der Waals surface area contributed by atoms with E-state index in [1.165, 1.54) is 0 Å². The molecule has 6 heteroatoms. The molecule has 1 aromatic rings. The fourth-order valence-electron chi connectivity index (χ4n) is 2.33. The van der Waals surface area contributed by atoms with E-state index < -0.39 is 5.60 Å². The molecule has 1 aliphatic heterocycles. The van der Waals surface area contributed by atoms with Crippen LogP contribution in [0, 0.1) is 0 Å². The maximum absolute atomic E-state index is 12.3. The first-order chi connectivity index (χ1) is 10.1. The number of anilines is 1. The molecule has 2 rings (SSSR count). The van der Waals surface area contributed by atoms with Crippen molar-refractivity contribution in [1.29, 1.82) is 0 Å². The Kier molecular flexibility index (Phi) is 5.14.